The minimum absolute atomic E-state index is 0.114. The molecule has 2 aromatic rings. The fourth-order valence-corrected chi connectivity index (χ4v) is 2.14. The SMILES string of the molecule is CC(c1cc2ccccc2o1)N(C)C(=O)CCOCC(F)(F)F. The van der Waals surface area contributed by atoms with Crippen LogP contribution >= 0.6 is 0 Å². The monoisotopic (exact) mass is 329 g/mol. The van der Waals surface area contributed by atoms with E-state index in [1.54, 1.807) is 14.0 Å². The molecule has 1 atom stereocenters. The van der Waals surface area contributed by atoms with Crippen LogP contribution in [0.2, 0.25) is 0 Å². The lowest BCUT2D eigenvalue weighted by molar-refractivity contribution is -0.175. The summed E-state index contributed by atoms with van der Waals surface area (Å²) in [6.07, 6.45) is -4.49. The maximum atomic E-state index is 12.0. The summed E-state index contributed by atoms with van der Waals surface area (Å²) in [5, 5.41) is 0.934. The fourth-order valence-electron chi connectivity index (χ4n) is 2.14. The van der Waals surface area contributed by atoms with Crippen LogP contribution in [0.4, 0.5) is 13.2 Å². The number of ether oxygens (including phenoxy) is 1. The summed E-state index contributed by atoms with van der Waals surface area (Å²) in [5.74, 6) is 0.318. The summed E-state index contributed by atoms with van der Waals surface area (Å²) in [7, 11) is 1.59. The Bertz CT molecular complexity index is 633. The molecule has 1 aromatic carbocycles. The maximum Gasteiger partial charge on any atom is 0.411 e. The molecule has 7 heteroatoms. The molecule has 23 heavy (non-hydrogen) atoms. The zero-order chi connectivity index (χ0) is 17.0. The Kier molecular flexibility index (Phi) is 5.30. The third kappa shape index (κ3) is 4.72. The number of para-hydroxylation sites is 1. The van der Waals surface area contributed by atoms with E-state index >= 15 is 0 Å². The van der Waals surface area contributed by atoms with E-state index in [0.29, 0.717) is 5.76 Å². The van der Waals surface area contributed by atoms with Gasteiger partial charge in [-0.3, -0.25) is 4.79 Å². The number of furan rings is 1. The lowest BCUT2D eigenvalue weighted by Gasteiger charge is -2.23. The van der Waals surface area contributed by atoms with Gasteiger partial charge in [-0.05, 0) is 19.1 Å². The van der Waals surface area contributed by atoms with Crippen molar-refractivity contribution in [2.45, 2.75) is 25.6 Å². The quantitative estimate of drug-likeness (QED) is 0.754. The summed E-state index contributed by atoms with van der Waals surface area (Å²) >= 11 is 0. The first kappa shape index (κ1) is 17.3. The smallest absolute Gasteiger partial charge is 0.411 e. The zero-order valence-electron chi connectivity index (χ0n) is 12.9. The maximum absolute atomic E-state index is 12.0. The van der Waals surface area contributed by atoms with Crippen LogP contribution in [-0.2, 0) is 9.53 Å². The van der Waals surface area contributed by atoms with E-state index in [1.807, 2.05) is 30.3 Å². The lowest BCUT2D eigenvalue weighted by Crippen LogP contribution is -2.30. The summed E-state index contributed by atoms with van der Waals surface area (Å²) in [5.41, 5.74) is 0.726. The van der Waals surface area contributed by atoms with Crippen LogP contribution in [0.5, 0.6) is 0 Å². The van der Waals surface area contributed by atoms with E-state index in [2.05, 4.69) is 4.74 Å². The lowest BCUT2D eigenvalue weighted by atomic mass is 10.2. The number of hydrogen-bond donors (Lipinski definition) is 0. The van der Waals surface area contributed by atoms with Crippen molar-refractivity contribution >= 4 is 16.9 Å². The Morgan fingerprint density at radius 2 is 2.04 bits per heavy atom. The van der Waals surface area contributed by atoms with Crippen molar-refractivity contribution in [2.24, 2.45) is 0 Å². The molecule has 0 aliphatic rings. The van der Waals surface area contributed by atoms with Crippen LogP contribution in [0.15, 0.2) is 34.7 Å². The first-order valence-electron chi connectivity index (χ1n) is 7.16. The minimum Gasteiger partial charge on any atom is -0.459 e. The Hall–Kier alpha value is -2.02. The standard InChI is InChI=1S/C16H18F3NO3/c1-11(14-9-12-5-3-4-6-13(12)23-14)20(2)15(21)7-8-22-10-16(17,18)19/h3-6,9,11H,7-8,10H2,1-2H3. The second kappa shape index (κ2) is 7.04. The Labute approximate surface area is 131 Å². The van der Waals surface area contributed by atoms with Crippen molar-refractivity contribution in [3.63, 3.8) is 0 Å². The minimum atomic E-state index is -4.38. The van der Waals surface area contributed by atoms with Crippen LogP contribution < -0.4 is 0 Å². The molecule has 0 fully saturated rings. The molecule has 0 saturated heterocycles. The highest BCUT2D eigenvalue weighted by Gasteiger charge is 2.27. The highest BCUT2D eigenvalue weighted by atomic mass is 19.4. The van der Waals surface area contributed by atoms with Gasteiger partial charge in [0.2, 0.25) is 5.91 Å². The molecule has 0 spiro atoms. The first-order chi connectivity index (χ1) is 10.8. The largest absolute Gasteiger partial charge is 0.459 e. The number of rotatable bonds is 6. The van der Waals surface area contributed by atoms with Crippen LogP contribution in [0, 0.1) is 0 Å². The van der Waals surface area contributed by atoms with Gasteiger partial charge in [-0.1, -0.05) is 18.2 Å². The molecule has 0 aliphatic heterocycles. The molecule has 0 radical (unpaired) electrons. The molecule has 0 N–H and O–H groups in total. The Morgan fingerprint density at radius 3 is 2.70 bits per heavy atom. The van der Waals surface area contributed by atoms with Crippen LogP contribution in [0.25, 0.3) is 11.0 Å². The van der Waals surface area contributed by atoms with Gasteiger partial charge in [0.25, 0.3) is 0 Å². The predicted octanol–water partition coefficient (Wildman–Crippen LogP) is 3.92. The highest BCUT2D eigenvalue weighted by molar-refractivity contribution is 5.79. The second-order valence-corrected chi connectivity index (χ2v) is 5.28. The summed E-state index contributed by atoms with van der Waals surface area (Å²) in [4.78, 5) is 13.5. The highest BCUT2D eigenvalue weighted by Crippen LogP contribution is 2.27. The van der Waals surface area contributed by atoms with Crippen LogP contribution in [0.1, 0.15) is 25.1 Å². The summed E-state index contributed by atoms with van der Waals surface area (Å²) in [6, 6.07) is 9.01. The number of amides is 1. The third-order valence-electron chi connectivity index (χ3n) is 3.56. The third-order valence-corrected chi connectivity index (χ3v) is 3.56. The molecule has 0 aliphatic carbocycles. The second-order valence-electron chi connectivity index (χ2n) is 5.28. The average molecular weight is 329 g/mol. The van der Waals surface area contributed by atoms with E-state index in [0.717, 1.165) is 11.0 Å². The van der Waals surface area contributed by atoms with Crippen LogP contribution in [-0.4, -0.2) is 37.2 Å². The molecular weight excluding hydrogens is 311 g/mol. The molecule has 126 valence electrons. The van der Waals surface area contributed by atoms with Crippen molar-refractivity contribution < 1.29 is 27.1 Å². The number of carbonyl (C=O) groups is 1. The van der Waals surface area contributed by atoms with E-state index in [1.165, 1.54) is 4.90 Å². The molecule has 1 amide bonds. The molecule has 2 rings (SSSR count). The number of alkyl halides is 3. The number of fused-ring (bicyclic) bond motifs is 1. The van der Waals surface area contributed by atoms with Gasteiger partial charge in [-0.25, -0.2) is 0 Å². The number of benzene rings is 1. The van der Waals surface area contributed by atoms with Crippen molar-refractivity contribution in [1.29, 1.82) is 0 Å². The van der Waals surface area contributed by atoms with Gasteiger partial charge in [0.1, 0.15) is 18.0 Å². The summed E-state index contributed by atoms with van der Waals surface area (Å²) in [6.45, 7) is 0.185. The number of nitrogens with zero attached hydrogens (tertiary/aromatic N) is 1. The van der Waals surface area contributed by atoms with Gasteiger partial charge >= 0.3 is 6.18 Å². The number of carbonyl (C=O) groups excluding carboxylic acids is 1. The van der Waals surface area contributed by atoms with Gasteiger partial charge in [0.15, 0.2) is 0 Å². The number of halogens is 3. The Morgan fingerprint density at radius 1 is 1.35 bits per heavy atom. The van der Waals surface area contributed by atoms with E-state index in [-0.39, 0.29) is 25.0 Å². The molecule has 4 nitrogen and oxygen atoms in total. The molecule has 1 aromatic heterocycles. The van der Waals surface area contributed by atoms with Gasteiger partial charge < -0.3 is 14.1 Å². The first-order valence-corrected chi connectivity index (χ1v) is 7.16. The average Bonchev–Trinajstić information content (AvgIpc) is 2.92. The van der Waals surface area contributed by atoms with Gasteiger partial charge in [0, 0.05) is 12.4 Å². The van der Waals surface area contributed by atoms with Crippen molar-refractivity contribution in [3.05, 3.63) is 36.1 Å². The topological polar surface area (TPSA) is 42.7 Å². The molecule has 1 unspecified atom stereocenters. The van der Waals surface area contributed by atoms with E-state index in [9.17, 15) is 18.0 Å². The molecule has 0 bridgehead atoms. The van der Waals surface area contributed by atoms with Gasteiger partial charge in [0.05, 0.1) is 19.1 Å². The van der Waals surface area contributed by atoms with Crippen LogP contribution in [0.3, 0.4) is 0 Å². The molecule has 1 heterocycles. The number of hydrogen-bond acceptors (Lipinski definition) is 3. The van der Waals surface area contributed by atoms with Crippen molar-refractivity contribution in [3.8, 4) is 0 Å². The molecule has 0 saturated carbocycles. The van der Waals surface area contributed by atoms with Crippen molar-refractivity contribution in [1.82, 2.24) is 4.90 Å². The normalized spacial score (nSPS) is 13.3. The van der Waals surface area contributed by atoms with Gasteiger partial charge in [-0.15, -0.1) is 0 Å². The summed E-state index contributed by atoms with van der Waals surface area (Å²) < 4.78 is 46.0. The predicted molar refractivity (Wildman–Crippen MR) is 78.9 cm³/mol. The van der Waals surface area contributed by atoms with Gasteiger partial charge in [-0.2, -0.15) is 13.2 Å². The molecular formula is C16H18F3NO3. The zero-order valence-corrected chi connectivity index (χ0v) is 12.9. The Balaban J connectivity index is 1.90. The van der Waals surface area contributed by atoms with E-state index in [4.69, 9.17) is 4.42 Å². The van der Waals surface area contributed by atoms with E-state index < -0.39 is 12.8 Å². The fraction of sp³-hybridized carbons (Fsp3) is 0.438. The van der Waals surface area contributed by atoms with Crippen molar-refractivity contribution in [2.75, 3.05) is 20.3 Å².